The molecule has 14 heteroatoms. The highest BCUT2D eigenvalue weighted by molar-refractivity contribution is 8.00. The van der Waals surface area contributed by atoms with Crippen molar-refractivity contribution in [2.45, 2.75) is 23.8 Å². The number of pyridine rings is 1. The van der Waals surface area contributed by atoms with Crippen LogP contribution in [0.5, 0.6) is 0 Å². The molecule has 0 unspecified atom stereocenters. The maximum atomic E-state index is 12.8. The molecule has 0 aliphatic rings. The number of carbonyl (C=O) groups excluding carboxylic acids is 2. The van der Waals surface area contributed by atoms with E-state index in [0.717, 1.165) is 11.8 Å². The van der Waals surface area contributed by atoms with Gasteiger partial charge >= 0.3 is 5.97 Å². The minimum absolute atomic E-state index is 0.0444. The van der Waals surface area contributed by atoms with Crippen LogP contribution in [-0.4, -0.2) is 47.6 Å². The monoisotopic (exact) mass is 622 g/mol. The molecule has 0 bridgehead atoms. The number of aromatic nitrogens is 3. The third-order valence-corrected chi connectivity index (χ3v) is 8.22. The van der Waals surface area contributed by atoms with E-state index >= 15 is 0 Å². The van der Waals surface area contributed by atoms with Crippen LogP contribution in [0.2, 0.25) is 5.02 Å². The highest BCUT2D eigenvalue weighted by Gasteiger charge is 2.25. The zero-order valence-electron chi connectivity index (χ0n) is 22.3. The van der Waals surface area contributed by atoms with Gasteiger partial charge in [-0.15, -0.1) is 0 Å². The highest BCUT2D eigenvalue weighted by Crippen LogP contribution is 2.36. The second-order valence-electron chi connectivity index (χ2n) is 8.51. The number of esters is 1. The standard InChI is InChI=1S/C28H23ClN6O5S2/c1-3-40-27(37)24-17(2)33-26(22(15-30)25(24)18-5-7-19(29)8-6-18)41-16-23(36)34-20-9-11-21(12-10-20)42(38,39)35-28-31-13-4-14-32-28/h4-14H,3,16H2,1-2H3,(H,34,36)(H,31,32,35). The predicted molar refractivity (Wildman–Crippen MR) is 159 cm³/mol. The Morgan fingerprint density at radius 1 is 1.07 bits per heavy atom. The van der Waals surface area contributed by atoms with E-state index in [1.54, 1.807) is 44.2 Å². The van der Waals surface area contributed by atoms with Crippen LogP contribution >= 0.6 is 23.4 Å². The third-order valence-electron chi connectivity index (χ3n) is 5.65. The summed E-state index contributed by atoms with van der Waals surface area (Å²) in [5, 5.41) is 13.5. The first kappa shape index (κ1) is 30.4. The van der Waals surface area contributed by atoms with E-state index in [2.05, 4.69) is 31.1 Å². The van der Waals surface area contributed by atoms with Gasteiger partial charge in [0.05, 0.1) is 34.1 Å². The van der Waals surface area contributed by atoms with Crippen molar-refractivity contribution in [3.05, 3.63) is 88.8 Å². The average Bonchev–Trinajstić information content (AvgIpc) is 2.97. The van der Waals surface area contributed by atoms with E-state index in [4.69, 9.17) is 16.3 Å². The largest absolute Gasteiger partial charge is 0.462 e. The summed E-state index contributed by atoms with van der Waals surface area (Å²) in [6.45, 7) is 3.45. The maximum Gasteiger partial charge on any atom is 0.340 e. The van der Waals surface area contributed by atoms with Gasteiger partial charge in [0.1, 0.15) is 11.1 Å². The van der Waals surface area contributed by atoms with Crippen LogP contribution in [0.15, 0.2) is 76.9 Å². The number of carbonyl (C=O) groups is 2. The SMILES string of the molecule is CCOC(=O)c1c(C)nc(SCC(=O)Nc2ccc(S(=O)(=O)Nc3ncccn3)cc2)c(C#N)c1-c1ccc(Cl)cc1. The molecule has 0 fully saturated rings. The van der Waals surface area contributed by atoms with Gasteiger partial charge in [0, 0.05) is 28.7 Å². The van der Waals surface area contributed by atoms with Gasteiger partial charge in [-0.3, -0.25) is 4.79 Å². The number of benzene rings is 2. The number of thioether (sulfide) groups is 1. The fourth-order valence-electron chi connectivity index (χ4n) is 3.82. The van der Waals surface area contributed by atoms with Gasteiger partial charge in [-0.2, -0.15) is 5.26 Å². The molecular weight excluding hydrogens is 600 g/mol. The molecule has 0 spiro atoms. The number of sulfonamides is 1. The number of amides is 1. The molecule has 2 N–H and O–H groups in total. The number of aryl methyl sites for hydroxylation is 1. The number of nitriles is 1. The van der Waals surface area contributed by atoms with Gasteiger partial charge in [0.2, 0.25) is 11.9 Å². The lowest BCUT2D eigenvalue weighted by Gasteiger charge is -2.16. The van der Waals surface area contributed by atoms with E-state index in [1.807, 2.05) is 0 Å². The normalized spacial score (nSPS) is 10.9. The summed E-state index contributed by atoms with van der Waals surface area (Å²) < 4.78 is 32.7. The highest BCUT2D eigenvalue weighted by atomic mass is 35.5. The molecule has 4 aromatic rings. The molecule has 11 nitrogen and oxygen atoms in total. The van der Waals surface area contributed by atoms with Crippen LogP contribution in [-0.2, 0) is 19.6 Å². The fraction of sp³-hybridized carbons (Fsp3) is 0.143. The van der Waals surface area contributed by atoms with Crippen molar-refractivity contribution in [2.75, 3.05) is 22.4 Å². The maximum absolute atomic E-state index is 12.8. The lowest BCUT2D eigenvalue weighted by Crippen LogP contribution is -2.16. The second kappa shape index (κ2) is 13.4. The summed E-state index contributed by atoms with van der Waals surface area (Å²) in [6, 6.07) is 15.9. The summed E-state index contributed by atoms with van der Waals surface area (Å²) in [7, 11) is -3.93. The Labute approximate surface area is 251 Å². The zero-order valence-corrected chi connectivity index (χ0v) is 24.7. The summed E-state index contributed by atoms with van der Waals surface area (Å²) in [4.78, 5) is 37.7. The fourth-order valence-corrected chi connectivity index (χ4v) is 5.74. The smallest absolute Gasteiger partial charge is 0.340 e. The van der Waals surface area contributed by atoms with E-state index in [-0.39, 0.29) is 39.4 Å². The summed E-state index contributed by atoms with van der Waals surface area (Å²) >= 11 is 7.07. The lowest BCUT2D eigenvalue weighted by molar-refractivity contribution is -0.113. The number of nitrogens with one attached hydrogen (secondary N) is 2. The van der Waals surface area contributed by atoms with Gasteiger partial charge in [0.25, 0.3) is 10.0 Å². The van der Waals surface area contributed by atoms with E-state index in [1.165, 1.54) is 36.7 Å². The Balaban J connectivity index is 1.52. The number of nitrogens with zero attached hydrogens (tertiary/aromatic N) is 4. The van der Waals surface area contributed by atoms with Crippen molar-refractivity contribution in [1.82, 2.24) is 15.0 Å². The van der Waals surface area contributed by atoms with Crippen molar-refractivity contribution in [3.8, 4) is 17.2 Å². The van der Waals surface area contributed by atoms with Crippen molar-refractivity contribution >= 4 is 56.9 Å². The van der Waals surface area contributed by atoms with Crippen molar-refractivity contribution in [2.24, 2.45) is 0 Å². The quantitative estimate of drug-likeness (QED) is 0.180. The Kier molecular flexibility index (Phi) is 9.74. The molecular formula is C28H23ClN6O5S2. The van der Waals surface area contributed by atoms with Crippen LogP contribution in [0.1, 0.15) is 28.5 Å². The molecule has 0 atom stereocenters. The minimum Gasteiger partial charge on any atom is -0.462 e. The Morgan fingerprint density at radius 3 is 2.36 bits per heavy atom. The average molecular weight is 623 g/mol. The van der Waals surface area contributed by atoms with Crippen molar-refractivity contribution in [3.63, 3.8) is 0 Å². The number of halogens is 1. The molecule has 0 aliphatic heterocycles. The molecule has 42 heavy (non-hydrogen) atoms. The summed E-state index contributed by atoms with van der Waals surface area (Å²) in [6.07, 6.45) is 2.82. The van der Waals surface area contributed by atoms with E-state index < -0.39 is 21.9 Å². The number of anilines is 2. The first-order valence-electron chi connectivity index (χ1n) is 12.3. The van der Waals surface area contributed by atoms with Gasteiger partial charge in [-0.1, -0.05) is 35.5 Å². The van der Waals surface area contributed by atoms with Gasteiger partial charge < -0.3 is 10.1 Å². The minimum atomic E-state index is -3.93. The Hall–Kier alpha value is -4.51. The molecule has 4 rings (SSSR count). The van der Waals surface area contributed by atoms with E-state index in [0.29, 0.717) is 27.5 Å². The number of ether oxygens (including phenoxy) is 1. The molecule has 0 aliphatic carbocycles. The van der Waals surface area contributed by atoms with Crippen LogP contribution in [0.25, 0.3) is 11.1 Å². The summed E-state index contributed by atoms with van der Waals surface area (Å²) in [5.41, 5.74) is 1.89. The van der Waals surface area contributed by atoms with Gasteiger partial charge in [0.15, 0.2) is 0 Å². The van der Waals surface area contributed by atoms with Gasteiger partial charge in [-0.25, -0.2) is 32.9 Å². The first-order chi connectivity index (χ1) is 20.1. The molecule has 0 radical (unpaired) electrons. The Bertz CT molecular complexity index is 1760. The molecule has 214 valence electrons. The first-order valence-corrected chi connectivity index (χ1v) is 15.2. The van der Waals surface area contributed by atoms with E-state index in [9.17, 15) is 23.3 Å². The molecule has 0 saturated heterocycles. The van der Waals surface area contributed by atoms with Gasteiger partial charge in [-0.05, 0) is 61.9 Å². The Morgan fingerprint density at radius 2 is 1.74 bits per heavy atom. The molecule has 2 aromatic carbocycles. The van der Waals surface area contributed by atoms with Crippen LogP contribution in [0.3, 0.4) is 0 Å². The molecule has 2 aromatic heterocycles. The zero-order chi connectivity index (χ0) is 30.3. The van der Waals surface area contributed by atoms with Crippen LogP contribution in [0.4, 0.5) is 11.6 Å². The van der Waals surface area contributed by atoms with Crippen LogP contribution < -0.4 is 10.0 Å². The molecule has 0 saturated carbocycles. The van der Waals surface area contributed by atoms with Crippen molar-refractivity contribution in [1.29, 1.82) is 5.26 Å². The predicted octanol–water partition coefficient (Wildman–Crippen LogP) is 5.08. The number of hydrogen-bond acceptors (Lipinski definition) is 10. The summed E-state index contributed by atoms with van der Waals surface area (Å²) in [5.74, 6) is -1.22. The number of hydrogen-bond donors (Lipinski definition) is 2. The van der Waals surface area contributed by atoms with Crippen LogP contribution in [0, 0.1) is 18.3 Å². The second-order valence-corrected chi connectivity index (χ2v) is 11.6. The van der Waals surface area contributed by atoms with Crippen molar-refractivity contribution < 1.29 is 22.7 Å². The topological polar surface area (TPSA) is 164 Å². The molecule has 1 amide bonds. The number of rotatable bonds is 10. The molecule has 2 heterocycles. The third kappa shape index (κ3) is 7.22. The lowest BCUT2D eigenvalue weighted by atomic mass is 9.95.